The molecule has 0 nitrogen and oxygen atoms in total. The highest BCUT2D eigenvalue weighted by Gasteiger charge is 1.97. The first-order valence-electron chi connectivity index (χ1n) is 3.20. The maximum atomic E-state index is 12.4. The first kappa shape index (κ1) is 9.15. The first-order valence-corrected chi connectivity index (χ1v) is 3.20. The topological polar surface area (TPSA) is 0 Å². The SMILES string of the molecule is C=C(C)/C=C\C(=C)C(C)F. The average molecular weight is 140 g/mol. The van der Waals surface area contributed by atoms with Gasteiger partial charge < -0.3 is 0 Å². The quantitative estimate of drug-likeness (QED) is 0.528. The third-order valence-corrected chi connectivity index (χ3v) is 1.09. The van der Waals surface area contributed by atoms with E-state index in [2.05, 4.69) is 13.2 Å². The molecule has 0 aromatic heterocycles. The van der Waals surface area contributed by atoms with Gasteiger partial charge in [-0.05, 0) is 19.4 Å². The van der Waals surface area contributed by atoms with E-state index in [1.54, 1.807) is 12.2 Å². The van der Waals surface area contributed by atoms with Crippen molar-refractivity contribution in [3.63, 3.8) is 0 Å². The minimum Gasteiger partial charge on any atom is -0.243 e. The van der Waals surface area contributed by atoms with Crippen molar-refractivity contribution in [3.05, 3.63) is 36.5 Å². The van der Waals surface area contributed by atoms with Crippen LogP contribution in [0.3, 0.4) is 0 Å². The predicted octanol–water partition coefficient (Wildman–Crippen LogP) is 3.03. The maximum absolute atomic E-state index is 12.4. The Balaban J connectivity index is 3.90. The van der Waals surface area contributed by atoms with Crippen LogP contribution in [0.5, 0.6) is 0 Å². The van der Waals surface area contributed by atoms with Crippen LogP contribution in [0.2, 0.25) is 0 Å². The molecule has 0 aromatic rings. The molecule has 0 aliphatic heterocycles. The van der Waals surface area contributed by atoms with Gasteiger partial charge in [0.15, 0.2) is 0 Å². The molecule has 0 N–H and O–H groups in total. The highest BCUT2D eigenvalue weighted by Crippen LogP contribution is 2.05. The van der Waals surface area contributed by atoms with Gasteiger partial charge in [-0.1, -0.05) is 30.9 Å². The fourth-order valence-corrected chi connectivity index (χ4v) is 0.382. The number of hydrogen-bond donors (Lipinski definition) is 0. The van der Waals surface area contributed by atoms with E-state index in [4.69, 9.17) is 0 Å². The summed E-state index contributed by atoms with van der Waals surface area (Å²) < 4.78 is 12.4. The van der Waals surface area contributed by atoms with E-state index in [0.29, 0.717) is 5.57 Å². The van der Waals surface area contributed by atoms with Crippen molar-refractivity contribution in [1.82, 2.24) is 0 Å². The summed E-state index contributed by atoms with van der Waals surface area (Å²) in [4.78, 5) is 0. The molecule has 0 fully saturated rings. The third kappa shape index (κ3) is 4.07. The number of halogens is 1. The molecular formula is C9H13F. The van der Waals surface area contributed by atoms with E-state index in [0.717, 1.165) is 5.57 Å². The first-order chi connectivity index (χ1) is 4.54. The second-order valence-electron chi connectivity index (χ2n) is 2.37. The molecule has 0 aliphatic rings. The Hall–Kier alpha value is -0.850. The second kappa shape index (κ2) is 4.04. The normalized spacial score (nSPS) is 13.5. The molecular weight excluding hydrogens is 127 g/mol. The molecule has 1 heteroatoms. The predicted molar refractivity (Wildman–Crippen MR) is 43.7 cm³/mol. The number of rotatable bonds is 3. The van der Waals surface area contributed by atoms with Crippen LogP contribution in [0, 0.1) is 0 Å². The van der Waals surface area contributed by atoms with Gasteiger partial charge in [-0.25, -0.2) is 4.39 Å². The van der Waals surface area contributed by atoms with Crippen molar-refractivity contribution in [3.8, 4) is 0 Å². The zero-order valence-corrected chi connectivity index (χ0v) is 6.52. The molecule has 0 aromatic carbocycles. The Morgan fingerprint density at radius 3 is 2.20 bits per heavy atom. The highest BCUT2D eigenvalue weighted by atomic mass is 19.1. The second-order valence-corrected chi connectivity index (χ2v) is 2.37. The van der Waals surface area contributed by atoms with Crippen LogP contribution >= 0.6 is 0 Å². The van der Waals surface area contributed by atoms with E-state index in [1.165, 1.54) is 6.92 Å². The van der Waals surface area contributed by atoms with Gasteiger partial charge in [0.25, 0.3) is 0 Å². The van der Waals surface area contributed by atoms with Crippen molar-refractivity contribution in [2.24, 2.45) is 0 Å². The van der Waals surface area contributed by atoms with Crippen LogP contribution in [0.4, 0.5) is 4.39 Å². The standard InChI is InChI=1S/C9H13F/c1-7(2)5-6-8(3)9(4)10/h5-6,9H,1,3H2,2,4H3/b6-5-. The largest absolute Gasteiger partial charge is 0.243 e. The molecule has 1 unspecified atom stereocenters. The van der Waals surface area contributed by atoms with Gasteiger partial charge in [-0.2, -0.15) is 0 Å². The zero-order valence-electron chi connectivity index (χ0n) is 6.52. The Morgan fingerprint density at radius 2 is 1.90 bits per heavy atom. The van der Waals surface area contributed by atoms with Crippen molar-refractivity contribution < 1.29 is 4.39 Å². The number of allylic oxidation sites excluding steroid dienone is 4. The summed E-state index contributed by atoms with van der Waals surface area (Å²) in [7, 11) is 0. The Morgan fingerprint density at radius 1 is 1.40 bits per heavy atom. The summed E-state index contributed by atoms with van der Waals surface area (Å²) in [5.74, 6) is 0. The molecule has 0 radical (unpaired) electrons. The fourth-order valence-electron chi connectivity index (χ4n) is 0.382. The van der Waals surface area contributed by atoms with Crippen LogP contribution in [-0.4, -0.2) is 6.17 Å². The summed E-state index contributed by atoms with van der Waals surface area (Å²) in [6.45, 7) is 10.5. The van der Waals surface area contributed by atoms with Crippen LogP contribution in [0.1, 0.15) is 13.8 Å². The molecule has 0 aliphatic carbocycles. The molecule has 10 heavy (non-hydrogen) atoms. The molecule has 0 spiro atoms. The van der Waals surface area contributed by atoms with Gasteiger partial charge in [-0.3, -0.25) is 0 Å². The van der Waals surface area contributed by atoms with E-state index >= 15 is 0 Å². The summed E-state index contributed by atoms with van der Waals surface area (Å²) in [6.07, 6.45) is 2.43. The molecule has 0 saturated heterocycles. The average Bonchev–Trinajstić information content (AvgIpc) is 1.82. The maximum Gasteiger partial charge on any atom is 0.122 e. The minimum atomic E-state index is -0.962. The van der Waals surface area contributed by atoms with Gasteiger partial charge >= 0.3 is 0 Å². The third-order valence-electron chi connectivity index (χ3n) is 1.09. The Kier molecular flexibility index (Phi) is 3.70. The van der Waals surface area contributed by atoms with Crippen LogP contribution in [0.15, 0.2) is 36.5 Å². The molecule has 0 heterocycles. The van der Waals surface area contributed by atoms with E-state index in [-0.39, 0.29) is 0 Å². The van der Waals surface area contributed by atoms with E-state index in [1.807, 2.05) is 6.92 Å². The lowest BCUT2D eigenvalue weighted by Gasteiger charge is -1.97. The summed E-state index contributed by atoms with van der Waals surface area (Å²) in [5.41, 5.74) is 1.39. The zero-order chi connectivity index (χ0) is 8.15. The number of alkyl halides is 1. The lowest BCUT2D eigenvalue weighted by molar-refractivity contribution is 0.418. The highest BCUT2D eigenvalue weighted by molar-refractivity contribution is 5.24. The molecule has 56 valence electrons. The van der Waals surface area contributed by atoms with Crippen molar-refractivity contribution >= 4 is 0 Å². The lowest BCUT2D eigenvalue weighted by Crippen LogP contribution is -1.92. The molecule has 1 atom stereocenters. The molecule has 0 bridgehead atoms. The summed E-state index contributed by atoms with van der Waals surface area (Å²) in [5, 5.41) is 0. The summed E-state index contributed by atoms with van der Waals surface area (Å²) >= 11 is 0. The molecule has 0 amide bonds. The molecule has 0 rings (SSSR count). The van der Waals surface area contributed by atoms with Crippen molar-refractivity contribution in [2.45, 2.75) is 20.0 Å². The molecule has 0 saturated carbocycles. The monoisotopic (exact) mass is 140 g/mol. The van der Waals surface area contributed by atoms with E-state index in [9.17, 15) is 4.39 Å². The smallest absolute Gasteiger partial charge is 0.122 e. The van der Waals surface area contributed by atoms with Gasteiger partial charge in [0.1, 0.15) is 6.17 Å². The lowest BCUT2D eigenvalue weighted by atomic mass is 10.2. The van der Waals surface area contributed by atoms with Crippen molar-refractivity contribution in [2.75, 3.05) is 0 Å². The van der Waals surface area contributed by atoms with Gasteiger partial charge in [-0.15, -0.1) is 0 Å². The number of hydrogen-bond acceptors (Lipinski definition) is 0. The Labute approximate surface area is 61.8 Å². The minimum absolute atomic E-state index is 0.489. The fraction of sp³-hybridized carbons (Fsp3) is 0.333. The van der Waals surface area contributed by atoms with Crippen LogP contribution in [0.25, 0.3) is 0 Å². The van der Waals surface area contributed by atoms with Crippen molar-refractivity contribution in [1.29, 1.82) is 0 Å². The van der Waals surface area contributed by atoms with Gasteiger partial charge in [0.2, 0.25) is 0 Å². The van der Waals surface area contributed by atoms with E-state index < -0.39 is 6.17 Å². The van der Waals surface area contributed by atoms with Gasteiger partial charge in [0.05, 0.1) is 0 Å². The van der Waals surface area contributed by atoms with Crippen LogP contribution in [-0.2, 0) is 0 Å². The van der Waals surface area contributed by atoms with Gasteiger partial charge in [0, 0.05) is 0 Å². The summed E-state index contributed by atoms with van der Waals surface area (Å²) in [6, 6.07) is 0. The Bertz CT molecular complexity index is 164. The van der Waals surface area contributed by atoms with Crippen LogP contribution < -0.4 is 0 Å².